The Bertz CT molecular complexity index is 698. The fraction of sp³-hybridized carbons (Fsp3) is 0.214. The smallest absolute Gasteiger partial charge is 0.269 e. The van der Waals surface area contributed by atoms with E-state index in [4.69, 9.17) is 23.2 Å². The van der Waals surface area contributed by atoms with Gasteiger partial charge >= 0.3 is 0 Å². The van der Waals surface area contributed by atoms with E-state index in [0.29, 0.717) is 16.3 Å². The number of nitrogens with zero attached hydrogens (tertiary/aromatic N) is 1. The molecule has 0 fully saturated rings. The summed E-state index contributed by atoms with van der Waals surface area (Å²) in [5.74, 6) is 0. The van der Waals surface area contributed by atoms with Crippen LogP contribution in [-0.2, 0) is 6.54 Å². The van der Waals surface area contributed by atoms with E-state index in [1.807, 2.05) is 0 Å². The maximum Gasteiger partial charge on any atom is 0.269 e. The lowest BCUT2D eigenvalue weighted by molar-refractivity contribution is 0.126. The normalized spacial score (nSPS) is 11.1. The molecule has 0 aliphatic carbocycles. The molecule has 6 heteroatoms. The van der Waals surface area contributed by atoms with Crippen molar-refractivity contribution < 1.29 is 8.78 Å². The highest BCUT2D eigenvalue weighted by molar-refractivity contribution is 6.31. The Hall–Kier alpha value is -1.39. The first kappa shape index (κ1) is 15.0. The molecule has 106 valence electrons. The molecule has 1 heterocycles. The van der Waals surface area contributed by atoms with Crippen LogP contribution in [0.1, 0.15) is 5.56 Å². The highest BCUT2D eigenvalue weighted by Gasteiger charge is 2.15. The molecule has 0 radical (unpaired) electrons. The molecule has 1 aromatic heterocycles. The van der Waals surface area contributed by atoms with Crippen LogP contribution in [-0.4, -0.2) is 11.0 Å². The van der Waals surface area contributed by atoms with E-state index in [9.17, 15) is 13.6 Å². The minimum absolute atomic E-state index is 0.0824. The van der Waals surface area contributed by atoms with Gasteiger partial charge in [0.05, 0.1) is 12.2 Å². The number of aryl methyl sites for hydroxylation is 1. The third kappa shape index (κ3) is 3.02. The lowest BCUT2D eigenvalue weighted by Crippen LogP contribution is -2.25. The fourth-order valence-corrected chi connectivity index (χ4v) is 2.41. The summed E-state index contributed by atoms with van der Waals surface area (Å²) in [5.41, 5.74) is 1.23. The van der Waals surface area contributed by atoms with E-state index < -0.39 is 18.5 Å². The molecule has 2 rings (SSSR count). The van der Waals surface area contributed by atoms with E-state index >= 15 is 0 Å². The lowest BCUT2D eigenvalue weighted by atomic mass is 10.0. The van der Waals surface area contributed by atoms with Gasteiger partial charge in [0, 0.05) is 10.6 Å². The molecule has 20 heavy (non-hydrogen) atoms. The number of pyridine rings is 1. The number of aromatic nitrogens is 1. The standard InChI is InChI=1S/C14H11Cl2F2NO/c1-8-6-9(15)2-3-10(8)12-5-4-11(16)14(20)19(12)7-13(17)18/h2-6,13H,7H2,1H3. The quantitative estimate of drug-likeness (QED) is 0.822. The monoisotopic (exact) mass is 317 g/mol. The maximum atomic E-state index is 12.7. The number of alkyl halides is 2. The first-order valence-electron chi connectivity index (χ1n) is 5.84. The van der Waals surface area contributed by atoms with Crippen molar-refractivity contribution in [1.82, 2.24) is 4.57 Å². The second kappa shape index (κ2) is 5.94. The maximum absolute atomic E-state index is 12.7. The van der Waals surface area contributed by atoms with Crippen molar-refractivity contribution in [2.75, 3.05) is 0 Å². The van der Waals surface area contributed by atoms with E-state index in [1.165, 1.54) is 6.07 Å². The van der Waals surface area contributed by atoms with Gasteiger partial charge in [-0.05, 0) is 36.8 Å². The zero-order valence-corrected chi connectivity index (χ0v) is 12.1. The minimum Gasteiger partial charge on any atom is -0.301 e. The molecule has 0 aliphatic heterocycles. The zero-order valence-electron chi connectivity index (χ0n) is 10.5. The summed E-state index contributed by atoms with van der Waals surface area (Å²) >= 11 is 11.6. The van der Waals surface area contributed by atoms with Crippen LogP contribution >= 0.6 is 23.2 Å². The molecule has 2 aromatic rings. The second-order valence-electron chi connectivity index (χ2n) is 4.33. The fourth-order valence-electron chi connectivity index (χ4n) is 2.02. The number of hydrogen-bond acceptors (Lipinski definition) is 1. The predicted molar refractivity (Wildman–Crippen MR) is 76.9 cm³/mol. The molecular weight excluding hydrogens is 307 g/mol. The van der Waals surface area contributed by atoms with Gasteiger partial charge < -0.3 is 4.57 Å². The minimum atomic E-state index is -2.64. The molecule has 0 amide bonds. The Morgan fingerprint density at radius 2 is 1.90 bits per heavy atom. The van der Waals surface area contributed by atoms with Crippen molar-refractivity contribution in [1.29, 1.82) is 0 Å². The Morgan fingerprint density at radius 1 is 1.20 bits per heavy atom. The number of hydrogen-bond donors (Lipinski definition) is 0. The third-order valence-electron chi connectivity index (χ3n) is 2.91. The van der Waals surface area contributed by atoms with Crippen molar-refractivity contribution >= 4 is 23.2 Å². The van der Waals surface area contributed by atoms with Crippen LogP contribution in [0.5, 0.6) is 0 Å². The molecule has 0 aliphatic rings. The molecular formula is C14H11Cl2F2NO. The van der Waals surface area contributed by atoms with E-state index in [-0.39, 0.29) is 5.02 Å². The van der Waals surface area contributed by atoms with Gasteiger partial charge in [-0.3, -0.25) is 4.79 Å². The molecule has 0 bridgehead atoms. The SMILES string of the molecule is Cc1cc(Cl)ccc1-c1ccc(Cl)c(=O)n1CC(F)F. The van der Waals surface area contributed by atoms with Crippen molar-refractivity contribution in [3.63, 3.8) is 0 Å². The van der Waals surface area contributed by atoms with Gasteiger partial charge in [-0.2, -0.15) is 0 Å². The van der Waals surface area contributed by atoms with Gasteiger partial charge in [0.2, 0.25) is 0 Å². The molecule has 0 spiro atoms. The van der Waals surface area contributed by atoms with Gasteiger partial charge in [-0.15, -0.1) is 0 Å². The van der Waals surface area contributed by atoms with E-state index in [1.54, 1.807) is 31.2 Å². The molecule has 0 atom stereocenters. The van der Waals surface area contributed by atoms with Gasteiger partial charge in [0.1, 0.15) is 5.02 Å². The molecule has 0 unspecified atom stereocenters. The number of benzene rings is 1. The number of rotatable bonds is 3. The Morgan fingerprint density at radius 3 is 2.50 bits per heavy atom. The molecule has 1 aromatic carbocycles. The summed E-state index contributed by atoms with van der Waals surface area (Å²) in [6.45, 7) is 1.10. The van der Waals surface area contributed by atoms with Crippen LogP contribution in [0.2, 0.25) is 10.0 Å². The van der Waals surface area contributed by atoms with Crippen molar-refractivity contribution in [3.8, 4) is 11.3 Å². The van der Waals surface area contributed by atoms with Crippen molar-refractivity contribution in [2.45, 2.75) is 19.9 Å². The van der Waals surface area contributed by atoms with E-state index in [0.717, 1.165) is 10.1 Å². The first-order chi connectivity index (χ1) is 9.40. The predicted octanol–water partition coefficient (Wildman–Crippen LogP) is 4.40. The zero-order chi connectivity index (χ0) is 14.9. The second-order valence-corrected chi connectivity index (χ2v) is 5.18. The van der Waals surface area contributed by atoms with E-state index in [2.05, 4.69) is 0 Å². The average Bonchev–Trinajstić information content (AvgIpc) is 2.36. The average molecular weight is 318 g/mol. The van der Waals surface area contributed by atoms with Crippen LogP contribution in [0.4, 0.5) is 8.78 Å². The highest BCUT2D eigenvalue weighted by Crippen LogP contribution is 2.26. The van der Waals surface area contributed by atoms with Crippen LogP contribution in [0.3, 0.4) is 0 Å². The Kier molecular flexibility index (Phi) is 4.45. The molecule has 0 saturated heterocycles. The number of halogens is 4. The third-order valence-corrected chi connectivity index (χ3v) is 3.44. The van der Waals surface area contributed by atoms with Crippen molar-refractivity contribution in [3.05, 3.63) is 56.3 Å². The molecule has 0 saturated carbocycles. The summed E-state index contributed by atoms with van der Waals surface area (Å²) in [6, 6.07) is 8.03. The van der Waals surface area contributed by atoms with Gasteiger partial charge in [0.15, 0.2) is 0 Å². The highest BCUT2D eigenvalue weighted by atomic mass is 35.5. The Labute approximate surface area is 124 Å². The topological polar surface area (TPSA) is 22.0 Å². The lowest BCUT2D eigenvalue weighted by Gasteiger charge is -2.15. The summed E-state index contributed by atoms with van der Waals surface area (Å²) in [6.07, 6.45) is -2.64. The Balaban J connectivity index is 2.67. The van der Waals surface area contributed by atoms with Gasteiger partial charge in [0.25, 0.3) is 12.0 Å². The van der Waals surface area contributed by atoms with Crippen LogP contribution < -0.4 is 5.56 Å². The molecule has 0 N–H and O–H groups in total. The van der Waals surface area contributed by atoms with Crippen LogP contribution in [0.15, 0.2) is 35.1 Å². The van der Waals surface area contributed by atoms with Gasteiger partial charge in [-0.1, -0.05) is 29.3 Å². The summed E-state index contributed by atoms with van der Waals surface area (Å²) in [7, 11) is 0. The van der Waals surface area contributed by atoms with Crippen molar-refractivity contribution in [2.24, 2.45) is 0 Å². The van der Waals surface area contributed by atoms with Crippen LogP contribution in [0, 0.1) is 6.92 Å². The summed E-state index contributed by atoms with van der Waals surface area (Å²) in [4.78, 5) is 11.9. The van der Waals surface area contributed by atoms with Crippen LogP contribution in [0.25, 0.3) is 11.3 Å². The summed E-state index contributed by atoms with van der Waals surface area (Å²) < 4.78 is 26.3. The first-order valence-corrected chi connectivity index (χ1v) is 6.59. The largest absolute Gasteiger partial charge is 0.301 e. The van der Waals surface area contributed by atoms with Gasteiger partial charge in [-0.25, -0.2) is 8.78 Å². The molecule has 2 nitrogen and oxygen atoms in total. The summed E-state index contributed by atoms with van der Waals surface area (Å²) in [5, 5.41) is 0.462.